The fourth-order valence-corrected chi connectivity index (χ4v) is 4.59. The highest BCUT2D eigenvalue weighted by Gasteiger charge is 2.27. The molecule has 1 aliphatic heterocycles. The van der Waals surface area contributed by atoms with Crippen LogP contribution < -0.4 is 5.32 Å². The lowest BCUT2D eigenvalue weighted by molar-refractivity contribution is 0.102. The van der Waals surface area contributed by atoms with Crippen LogP contribution in [0.25, 0.3) is 21.8 Å². The third kappa shape index (κ3) is 3.14. The minimum atomic E-state index is -0.240. The summed E-state index contributed by atoms with van der Waals surface area (Å²) in [6.07, 6.45) is 3.79. The number of aryl methyl sites for hydroxylation is 2. The molecule has 1 atom stereocenters. The molecule has 8 heteroatoms. The summed E-state index contributed by atoms with van der Waals surface area (Å²) in [5.74, 6) is 0.200. The van der Waals surface area contributed by atoms with Gasteiger partial charge in [0.2, 0.25) is 0 Å². The van der Waals surface area contributed by atoms with E-state index in [1.807, 2.05) is 26.1 Å². The summed E-state index contributed by atoms with van der Waals surface area (Å²) < 4.78 is 1.77. The Bertz CT molecular complexity index is 1370. The number of anilines is 1. The van der Waals surface area contributed by atoms with Gasteiger partial charge < -0.3 is 10.3 Å². The Hall–Kier alpha value is -3.70. The fraction of sp³-hybridized carbons (Fsp3) is 0.304. The third-order valence-electron chi connectivity index (χ3n) is 6.22. The van der Waals surface area contributed by atoms with E-state index in [1.165, 1.54) is 0 Å². The number of carbonyl (C=O) groups is 1. The zero-order valence-corrected chi connectivity index (χ0v) is 17.7. The van der Waals surface area contributed by atoms with Crippen LogP contribution in [0.4, 0.5) is 5.82 Å². The van der Waals surface area contributed by atoms with Gasteiger partial charge in [-0.1, -0.05) is 6.07 Å². The van der Waals surface area contributed by atoms with E-state index in [-0.39, 0.29) is 11.9 Å². The molecule has 2 N–H and O–H groups in total. The van der Waals surface area contributed by atoms with Gasteiger partial charge in [0.1, 0.15) is 11.9 Å². The lowest BCUT2D eigenvalue weighted by atomic mass is 10.1. The Morgan fingerprint density at radius 3 is 2.87 bits per heavy atom. The number of nitriles is 1. The monoisotopic (exact) mass is 413 g/mol. The van der Waals surface area contributed by atoms with Crippen LogP contribution in [0.5, 0.6) is 0 Å². The van der Waals surface area contributed by atoms with Crippen molar-refractivity contribution in [3.05, 3.63) is 53.0 Å². The first-order chi connectivity index (χ1) is 15.0. The number of rotatable bonds is 3. The summed E-state index contributed by atoms with van der Waals surface area (Å²) in [7, 11) is 3.94. The van der Waals surface area contributed by atoms with Crippen LogP contribution in [0, 0.1) is 18.3 Å². The molecule has 0 saturated carbocycles. The summed E-state index contributed by atoms with van der Waals surface area (Å²) in [6.45, 7) is 2.97. The predicted molar refractivity (Wildman–Crippen MR) is 119 cm³/mol. The first-order valence-electron chi connectivity index (χ1n) is 10.3. The molecule has 4 aromatic rings. The number of fused-ring (bicyclic) bond motifs is 2. The first-order valence-corrected chi connectivity index (χ1v) is 10.3. The first kappa shape index (κ1) is 19.3. The predicted octanol–water partition coefficient (Wildman–Crippen LogP) is 3.65. The lowest BCUT2D eigenvalue weighted by Crippen LogP contribution is -2.18. The molecular weight excluding hydrogens is 390 g/mol. The standard InChI is InChI=1S/C23H23N7O/c1-13-15-7-6-14(9-20(15)30(3)28-13)23(31)27-21-10-18-17(12-25-21)16(11-24)22(26-18)19-5-4-8-29(19)2/h6-7,9-10,12,19,26H,4-5,8H2,1-3H3,(H,25,27,31)/t19-/m1/s1. The van der Waals surface area contributed by atoms with E-state index >= 15 is 0 Å². The number of hydrogen-bond donors (Lipinski definition) is 2. The Kier molecular flexibility index (Phi) is 4.49. The lowest BCUT2D eigenvalue weighted by Gasteiger charge is -2.18. The minimum Gasteiger partial charge on any atom is -0.356 e. The molecule has 1 fully saturated rings. The molecule has 1 amide bonds. The Labute approximate surface area is 179 Å². The van der Waals surface area contributed by atoms with Gasteiger partial charge in [-0.05, 0) is 45.5 Å². The van der Waals surface area contributed by atoms with Crippen LogP contribution in [0.15, 0.2) is 30.5 Å². The molecule has 0 spiro atoms. The second kappa shape index (κ2) is 7.22. The summed E-state index contributed by atoms with van der Waals surface area (Å²) in [5, 5.41) is 18.8. The summed E-state index contributed by atoms with van der Waals surface area (Å²) in [5.41, 5.74) is 4.74. The number of benzene rings is 1. The number of carbonyl (C=O) groups excluding carboxylic acids is 1. The maximum atomic E-state index is 12.8. The Morgan fingerprint density at radius 1 is 1.29 bits per heavy atom. The molecule has 4 heterocycles. The molecule has 1 aromatic carbocycles. The number of aromatic amines is 1. The zero-order chi connectivity index (χ0) is 21.7. The van der Waals surface area contributed by atoms with Crippen LogP contribution >= 0.6 is 0 Å². The van der Waals surface area contributed by atoms with Crippen molar-refractivity contribution in [2.75, 3.05) is 18.9 Å². The van der Waals surface area contributed by atoms with Gasteiger partial charge in [-0.3, -0.25) is 14.4 Å². The van der Waals surface area contributed by atoms with Gasteiger partial charge in [0.25, 0.3) is 5.91 Å². The average molecular weight is 413 g/mol. The number of aromatic nitrogens is 4. The maximum absolute atomic E-state index is 12.8. The van der Waals surface area contributed by atoms with Crippen molar-refractivity contribution in [3.63, 3.8) is 0 Å². The highest BCUT2D eigenvalue weighted by molar-refractivity contribution is 6.06. The van der Waals surface area contributed by atoms with Gasteiger partial charge in [0, 0.05) is 35.6 Å². The molecule has 8 nitrogen and oxygen atoms in total. The molecule has 1 saturated heterocycles. The third-order valence-corrected chi connectivity index (χ3v) is 6.22. The topological polar surface area (TPSA) is 103 Å². The number of amides is 1. The molecule has 1 aliphatic rings. The van der Waals surface area contributed by atoms with Gasteiger partial charge in [0.05, 0.1) is 34.0 Å². The van der Waals surface area contributed by atoms with Crippen molar-refractivity contribution in [1.29, 1.82) is 5.26 Å². The van der Waals surface area contributed by atoms with Crippen molar-refractivity contribution < 1.29 is 4.79 Å². The van der Waals surface area contributed by atoms with E-state index in [0.717, 1.165) is 52.6 Å². The second-order valence-electron chi connectivity index (χ2n) is 8.17. The molecule has 3 aromatic heterocycles. The Morgan fingerprint density at radius 2 is 2.13 bits per heavy atom. The minimum absolute atomic E-state index is 0.203. The molecular formula is C23H23N7O. The fourth-order valence-electron chi connectivity index (χ4n) is 4.59. The summed E-state index contributed by atoms with van der Waals surface area (Å²) >= 11 is 0. The number of nitrogens with one attached hydrogen (secondary N) is 2. The Balaban J connectivity index is 1.46. The molecule has 5 rings (SSSR count). The highest BCUT2D eigenvalue weighted by atomic mass is 16.1. The molecule has 0 aliphatic carbocycles. The molecule has 0 bridgehead atoms. The number of likely N-dealkylation sites (tertiary alicyclic amines) is 1. The number of pyridine rings is 1. The number of hydrogen-bond acceptors (Lipinski definition) is 5. The van der Waals surface area contributed by atoms with Crippen molar-refractivity contribution in [2.45, 2.75) is 25.8 Å². The zero-order valence-electron chi connectivity index (χ0n) is 17.7. The van der Waals surface area contributed by atoms with Crippen LogP contribution in [-0.2, 0) is 7.05 Å². The molecule has 0 unspecified atom stereocenters. The van der Waals surface area contributed by atoms with E-state index in [2.05, 4.69) is 38.4 Å². The smallest absolute Gasteiger partial charge is 0.256 e. The van der Waals surface area contributed by atoms with Crippen molar-refractivity contribution in [3.8, 4) is 6.07 Å². The molecule has 31 heavy (non-hydrogen) atoms. The van der Waals surface area contributed by atoms with Crippen LogP contribution in [0.2, 0.25) is 0 Å². The second-order valence-corrected chi connectivity index (χ2v) is 8.17. The van der Waals surface area contributed by atoms with Gasteiger partial charge in [-0.15, -0.1) is 0 Å². The number of H-pyrrole nitrogens is 1. The molecule has 0 radical (unpaired) electrons. The van der Waals surface area contributed by atoms with Gasteiger partial charge in [-0.25, -0.2) is 4.98 Å². The van der Waals surface area contributed by atoms with Crippen molar-refractivity contribution in [1.82, 2.24) is 24.6 Å². The van der Waals surface area contributed by atoms with Crippen molar-refractivity contribution >= 4 is 33.5 Å². The highest BCUT2D eigenvalue weighted by Crippen LogP contribution is 2.35. The van der Waals surface area contributed by atoms with Gasteiger partial charge in [0.15, 0.2) is 0 Å². The summed E-state index contributed by atoms with van der Waals surface area (Å²) in [6, 6.07) is 9.87. The van der Waals surface area contributed by atoms with Crippen molar-refractivity contribution in [2.24, 2.45) is 7.05 Å². The maximum Gasteiger partial charge on any atom is 0.256 e. The van der Waals surface area contributed by atoms with Crippen LogP contribution in [0.1, 0.15) is 46.2 Å². The van der Waals surface area contributed by atoms with Gasteiger partial charge in [-0.2, -0.15) is 10.4 Å². The van der Waals surface area contributed by atoms with Crippen LogP contribution in [0.3, 0.4) is 0 Å². The summed E-state index contributed by atoms with van der Waals surface area (Å²) in [4.78, 5) is 22.9. The number of nitrogens with zero attached hydrogens (tertiary/aromatic N) is 5. The molecule has 156 valence electrons. The largest absolute Gasteiger partial charge is 0.356 e. The van der Waals surface area contributed by atoms with E-state index in [4.69, 9.17) is 0 Å². The average Bonchev–Trinajstić information content (AvgIpc) is 3.42. The van der Waals surface area contributed by atoms with E-state index in [9.17, 15) is 10.1 Å². The van der Waals surface area contributed by atoms with E-state index in [0.29, 0.717) is 16.9 Å². The quantitative estimate of drug-likeness (QED) is 0.534. The SMILES string of the molecule is Cc1nn(C)c2cc(C(=O)Nc3cc4[nH]c([C@H]5CCCN5C)c(C#N)c4cn3)ccc12. The van der Waals surface area contributed by atoms with E-state index < -0.39 is 0 Å². The van der Waals surface area contributed by atoms with E-state index in [1.54, 1.807) is 23.0 Å². The van der Waals surface area contributed by atoms with Crippen LogP contribution in [-0.4, -0.2) is 44.1 Å². The van der Waals surface area contributed by atoms with Gasteiger partial charge >= 0.3 is 0 Å². The normalized spacial score (nSPS) is 16.8.